The molecular formula is C30H23N5O2. The van der Waals surface area contributed by atoms with Gasteiger partial charge in [-0.3, -0.25) is 4.98 Å². The predicted octanol–water partition coefficient (Wildman–Crippen LogP) is 5.27. The second-order valence-electron chi connectivity index (χ2n) is 9.66. The van der Waals surface area contributed by atoms with Gasteiger partial charge in [-0.05, 0) is 90.3 Å². The minimum absolute atomic E-state index is 0.0260. The van der Waals surface area contributed by atoms with E-state index in [4.69, 9.17) is 15.0 Å². The van der Waals surface area contributed by atoms with Crippen molar-refractivity contribution < 1.29 is 9.90 Å². The molecular weight excluding hydrogens is 462 g/mol. The van der Waals surface area contributed by atoms with E-state index >= 15 is 0 Å². The summed E-state index contributed by atoms with van der Waals surface area (Å²) in [6, 6.07) is 16.0. The number of aryl methyl sites for hydroxylation is 5. The summed E-state index contributed by atoms with van der Waals surface area (Å²) >= 11 is 0. The van der Waals surface area contributed by atoms with Gasteiger partial charge in [-0.2, -0.15) is 0 Å². The Morgan fingerprint density at radius 3 is 1.95 bits per heavy atom. The molecule has 0 bridgehead atoms. The zero-order valence-electron chi connectivity index (χ0n) is 20.3. The lowest BCUT2D eigenvalue weighted by Gasteiger charge is -2.21. The smallest absolute Gasteiger partial charge is 0.354 e. The van der Waals surface area contributed by atoms with E-state index < -0.39 is 5.97 Å². The number of nitrogens with zero attached hydrogens (tertiary/aromatic N) is 5. The number of hydrogen-bond donors (Lipinski definition) is 1. The first-order chi connectivity index (χ1) is 18.1. The van der Waals surface area contributed by atoms with Crippen LogP contribution in [0.15, 0.2) is 54.7 Å². The number of aromatic carboxylic acids is 1. The van der Waals surface area contributed by atoms with Gasteiger partial charge in [0.15, 0.2) is 5.65 Å². The van der Waals surface area contributed by atoms with Crippen molar-refractivity contribution in [2.45, 2.75) is 39.0 Å². The Morgan fingerprint density at radius 1 is 0.730 bits per heavy atom. The van der Waals surface area contributed by atoms with E-state index in [1.807, 2.05) is 24.4 Å². The molecule has 0 aromatic carbocycles. The SMILES string of the molecule is CCc1ccc(-c2ccc3c(n2)-c2nc4nc5c(cc4cc2CC3)CCc2ccc(C(=O)O)nc2-5)nc1. The van der Waals surface area contributed by atoms with Crippen LogP contribution in [0.3, 0.4) is 0 Å². The Bertz CT molecular complexity index is 1740. The number of rotatable bonds is 3. The largest absolute Gasteiger partial charge is 0.477 e. The molecule has 0 spiro atoms. The fourth-order valence-electron chi connectivity index (χ4n) is 5.36. The molecule has 180 valence electrons. The van der Waals surface area contributed by atoms with Crippen molar-refractivity contribution in [2.24, 2.45) is 0 Å². The Labute approximate surface area is 213 Å². The van der Waals surface area contributed by atoms with Crippen molar-refractivity contribution in [1.82, 2.24) is 24.9 Å². The number of carboxylic acid groups (broad SMARTS) is 1. The van der Waals surface area contributed by atoms with Gasteiger partial charge in [0, 0.05) is 11.6 Å². The maximum Gasteiger partial charge on any atom is 0.354 e. The highest BCUT2D eigenvalue weighted by Gasteiger charge is 2.25. The molecule has 1 N–H and O–H groups in total. The van der Waals surface area contributed by atoms with E-state index in [1.54, 1.807) is 6.07 Å². The molecule has 0 atom stereocenters. The first-order valence-electron chi connectivity index (χ1n) is 12.6. The van der Waals surface area contributed by atoms with Crippen LogP contribution >= 0.6 is 0 Å². The average Bonchev–Trinajstić information content (AvgIpc) is 2.94. The fraction of sp³-hybridized carbons (Fsp3) is 0.200. The zero-order chi connectivity index (χ0) is 25.1. The van der Waals surface area contributed by atoms with Gasteiger partial charge in [0.25, 0.3) is 0 Å². The molecule has 7 rings (SSSR count). The summed E-state index contributed by atoms with van der Waals surface area (Å²) in [4.78, 5) is 35.6. The first kappa shape index (κ1) is 21.7. The maximum absolute atomic E-state index is 11.5. The maximum atomic E-state index is 11.5. The normalized spacial score (nSPS) is 13.4. The summed E-state index contributed by atoms with van der Waals surface area (Å²) in [5.74, 6) is -1.04. The van der Waals surface area contributed by atoms with Gasteiger partial charge < -0.3 is 5.11 Å². The number of fused-ring (bicyclic) bond motifs is 7. The highest BCUT2D eigenvalue weighted by molar-refractivity contribution is 5.88. The van der Waals surface area contributed by atoms with Crippen molar-refractivity contribution in [3.8, 4) is 34.2 Å². The molecule has 5 aromatic heterocycles. The Balaban J connectivity index is 1.37. The fourth-order valence-corrected chi connectivity index (χ4v) is 5.36. The molecule has 0 amide bonds. The number of carboxylic acids is 1. The van der Waals surface area contributed by atoms with E-state index in [0.29, 0.717) is 11.3 Å². The highest BCUT2D eigenvalue weighted by atomic mass is 16.4. The third-order valence-corrected chi connectivity index (χ3v) is 7.41. The van der Waals surface area contributed by atoms with Gasteiger partial charge in [-0.15, -0.1) is 0 Å². The van der Waals surface area contributed by atoms with Crippen molar-refractivity contribution in [3.05, 3.63) is 88.2 Å². The quantitative estimate of drug-likeness (QED) is 0.371. The van der Waals surface area contributed by atoms with Crippen molar-refractivity contribution in [1.29, 1.82) is 0 Å². The summed E-state index contributed by atoms with van der Waals surface area (Å²) < 4.78 is 0. The average molecular weight is 486 g/mol. The molecule has 5 heterocycles. The van der Waals surface area contributed by atoms with E-state index in [0.717, 1.165) is 77.1 Å². The van der Waals surface area contributed by atoms with E-state index in [2.05, 4.69) is 41.2 Å². The summed E-state index contributed by atoms with van der Waals surface area (Å²) in [7, 11) is 0. The lowest BCUT2D eigenvalue weighted by Crippen LogP contribution is -2.12. The third-order valence-electron chi connectivity index (χ3n) is 7.41. The molecule has 37 heavy (non-hydrogen) atoms. The lowest BCUT2D eigenvalue weighted by atomic mass is 9.89. The molecule has 0 saturated heterocycles. The lowest BCUT2D eigenvalue weighted by molar-refractivity contribution is 0.0690. The topological polar surface area (TPSA) is 102 Å². The van der Waals surface area contributed by atoms with Crippen LogP contribution in [0.5, 0.6) is 0 Å². The van der Waals surface area contributed by atoms with Crippen LogP contribution < -0.4 is 0 Å². The molecule has 0 unspecified atom stereocenters. The van der Waals surface area contributed by atoms with Crippen LogP contribution in [0.1, 0.15) is 45.2 Å². The predicted molar refractivity (Wildman–Crippen MR) is 140 cm³/mol. The molecule has 2 aliphatic carbocycles. The minimum Gasteiger partial charge on any atom is -0.477 e. The van der Waals surface area contributed by atoms with Gasteiger partial charge >= 0.3 is 5.97 Å². The molecule has 5 aromatic rings. The molecule has 7 heteroatoms. The van der Waals surface area contributed by atoms with Crippen molar-refractivity contribution in [3.63, 3.8) is 0 Å². The van der Waals surface area contributed by atoms with E-state index in [-0.39, 0.29) is 5.69 Å². The van der Waals surface area contributed by atoms with Crippen LogP contribution in [0, 0.1) is 0 Å². The summed E-state index contributed by atoms with van der Waals surface area (Å²) in [5, 5.41) is 10.4. The number of aromatic nitrogens is 5. The first-order valence-corrected chi connectivity index (χ1v) is 12.6. The second-order valence-corrected chi connectivity index (χ2v) is 9.66. The van der Waals surface area contributed by atoms with Gasteiger partial charge in [0.2, 0.25) is 0 Å². The second kappa shape index (κ2) is 8.27. The third kappa shape index (κ3) is 3.57. The van der Waals surface area contributed by atoms with Crippen LogP contribution in [-0.2, 0) is 32.1 Å². The van der Waals surface area contributed by atoms with Gasteiger partial charge in [-0.25, -0.2) is 24.7 Å². The Hall–Kier alpha value is -4.52. The van der Waals surface area contributed by atoms with Gasteiger partial charge in [-0.1, -0.05) is 25.1 Å². The monoisotopic (exact) mass is 485 g/mol. The zero-order valence-corrected chi connectivity index (χ0v) is 20.3. The Morgan fingerprint density at radius 2 is 1.32 bits per heavy atom. The van der Waals surface area contributed by atoms with Crippen LogP contribution in [-0.4, -0.2) is 36.0 Å². The van der Waals surface area contributed by atoms with Crippen molar-refractivity contribution >= 4 is 17.0 Å². The number of carbonyl (C=O) groups is 1. The molecule has 0 radical (unpaired) electrons. The van der Waals surface area contributed by atoms with Gasteiger partial charge in [0.05, 0.1) is 34.2 Å². The van der Waals surface area contributed by atoms with Crippen LogP contribution in [0.2, 0.25) is 0 Å². The summed E-state index contributed by atoms with van der Waals surface area (Å²) in [6.45, 7) is 2.12. The number of pyridine rings is 5. The van der Waals surface area contributed by atoms with Gasteiger partial charge in [0.1, 0.15) is 5.69 Å². The number of hydrogen-bond acceptors (Lipinski definition) is 6. The van der Waals surface area contributed by atoms with E-state index in [9.17, 15) is 9.90 Å². The van der Waals surface area contributed by atoms with Crippen LogP contribution in [0.4, 0.5) is 0 Å². The molecule has 7 nitrogen and oxygen atoms in total. The molecule has 0 fully saturated rings. The van der Waals surface area contributed by atoms with Crippen LogP contribution in [0.25, 0.3) is 45.2 Å². The highest BCUT2D eigenvalue weighted by Crippen LogP contribution is 2.37. The van der Waals surface area contributed by atoms with Crippen molar-refractivity contribution in [2.75, 3.05) is 0 Å². The standard InChI is InChI=1S/C30H23N5O2/c1-2-16-3-10-22(31-15-16)23-11-8-17-4-6-19-13-21-14-20-7-5-18-9-12-24(30(36)37)33-26(18)28(20)35-29(21)34-27(19)25(17)32-23/h3,8-15H,2,4-7H2,1H3,(H,36,37). The molecule has 0 aliphatic heterocycles. The minimum atomic E-state index is -1.04. The molecule has 2 aliphatic rings. The summed E-state index contributed by atoms with van der Waals surface area (Å²) in [5.41, 5.74) is 11.1. The molecule has 0 saturated carbocycles. The Kier molecular flexibility index (Phi) is 4.86. The van der Waals surface area contributed by atoms with E-state index in [1.165, 1.54) is 16.7 Å². The summed E-state index contributed by atoms with van der Waals surface area (Å²) in [6.07, 6.45) is 6.33.